The highest BCUT2D eigenvalue weighted by Gasteiger charge is 2.34. The van der Waals surface area contributed by atoms with Crippen molar-refractivity contribution < 1.29 is 9.90 Å². The van der Waals surface area contributed by atoms with E-state index in [1.54, 1.807) is 6.92 Å². The molecule has 0 amide bonds. The Morgan fingerprint density at radius 2 is 1.83 bits per heavy atom. The Bertz CT molecular complexity index is 389. The molecule has 0 aliphatic carbocycles. The molecule has 0 spiro atoms. The van der Waals surface area contributed by atoms with Gasteiger partial charge in [-0.1, -0.05) is 44.2 Å². The minimum atomic E-state index is -0.885. The van der Waals surface area contributed by atoms with E-state index in [2.05, 4.69) is 5.32 Å². The van der Waals surface area contributed by atoms with Gasteiger partial charge >= 0.3 is 5.97 Å². The number of hydrogen-bond donors (Lipinski definition) is 2. The average Bonchev–Trinajstić information content (AvgIpc) is 2.28. The van der Waals surface area contributed by atoms with Crippen molar-refractivity contribution in [2.75, 3.05) is 0 Å². The molecule has 2 atom stereocenters. The van der Waals surface area contributed by atoms with Crippen LogP contribution in [0, 0.1) is 5.92 Å². The first kappa shape index (κ1) is 14.7. The van der Waals surface area contributed by atoms with Crippen molar-refractivity contribution in [3.63, 3.8) is 0 Å². The zero-order valence-corrected chi connectivity index (χ0v) is 11.6. The van der Waals surface area contributed by atoms with Crippen molar-refractivity contribution in [3.8, 4) is 0 Å². The van der Waals surface area contributed by atoms with Crippen molar-refractivity contribution in [3.05, 3.63) is 35.9 Å². The first-order chi connectivity index (χ1) is 8.35. The van der Waals surface area contributed by atoms with E-state index < -0.39 is 11.5 Å². The standard InChI is InChI=1S/C15H23NO2/c1-11(2)10-15(4,14(17)18)16-12(3)13-8-6-5-7-9-13/h5-9,11-12,16H,10H2,1-4H3,(H,17,18). The molecule has 18 heavy (non-hydrogen) atoms. The largest absolute Gasteiger partial charge is 0.480 e. The van der Waals surface area contributed by atoms with E-state index >= 15 is 0 Å². The second kappa shape index (κ2) is 6.01. The fourth-order valence-electron chi connectivity index (χ4n) is 2.33. The maximum Gasteiger partial charge on any atom is 0.323 e. The fourth-order valence-corrected chi connectivity index (χ4v) is 2.33. The molecular formula is C15H23NO2. The SMILES string of the molecule is CC(C)CC(C)(NC(C)c1ccccc1)C(=O)O. The Hall–Kier alpha value is -1.35. The maximum absolute atomic E-state index is 11.5. The summed E-state index contributed by atoms with van der Waals surface area (Å²) >= 11 is 0. The molecular weight excluding hydrogens is 226 g/mol. The summed E-state index contributed by atoms with van der Waals surface area (Å²) in [7, 11) is 0. The van der Waals surface area contributed by atoms with E-state index in [9.17, 15) is 9.90 Å². The smallest absolute Gasteiger partial charge is 0.323 e. The number of hydrogen-bond acceptors (Lipinski definition) is 2. The van der Waals surface area contributed by atoms with Crippen molar-refractivity contribution in [1.29, 1.82) is 0 Å². The van der Waals surface area contributed by atoms with Crippen LogP contribution in [0.1, 0.15) is 45.7 Å². The number of rotatable bonds is 6. The van der Waals surface area contributed by atoms with Gasteiger partial charge in [-0.05, 0) is 31.7 Å². The molecule has 0 aliphatic heterocycles. The Morgan fingerprint density at radius 1 is 1.28 bits per heavy atom. The Morgan fingerprint density at radius 3 is 2.28 bits per heavy atom. The molecule has 1 aromatic carbocycles. The van der Waals surface area contributed by atoms with Gasteiger partial charge in [0.15, 0.2) is 0 Å². The minimum Gasteiger partial charge on any atom is -0.480 e. The highest BCUT2D eigenvalue weighted by molar-refractivity contribution is 5.78. The molecule has 100 valence electrons. The van der Waals surface area contributed by atoms with E-state index in [0.29, 0.717) is 12.3 Å². The van der Waals surface area contributed by atoms with Crippen LogP contribution in [0.5, 0.6) is 0 Å². The monoisotopic (exact) mass is 249 g/mol. The van der Waals surface area contributed by atoms with Gasteiger partial charge in [-0.25, -0.2) is 0 Å². The van der Waals surface area contributed by atoms with Crippen molar-refractivity contribution in [2.24, 2.45) is 5.92 Å². The summed E-state index contributed by atoms with van der Waals surface area (Å²) in [5, 5.41) is 12.7. The molecule has 0 aromatic heterocycles. The van der Waals surface area contributed by atoms with Crippen LogP contribution >= 0.6 is 0 Å². The Kier molecular flexibility index (Phi) is 4.91. The van der Waals surface area contributed by atoms with Gasteiger partial charge in [0.1, 0.15) is 5.54 Å². The number of aliphatic carboxylic acids is 1. The van der Waals surface area contributed by atoms with E-state index in [4.69, 9.17) is 0 Å². The van der Waals surface area contributed by atoms with Crippen LogP contribution in [0.15, 0.2) is 30.3 Å². The molecule has 0 radical (unpaired) electrons. The van der Waals surface area contributed by atoms with Crippen LogP contribution < -0.4 is 5.32 Å². The molecule has 1 aromatic rings. The summed E-state index contributed by atoms with van der Waals surface area (Å²) < 4.78 is 0. The molecule has 0 saturated heterocycles. The molecule has 3 nitrogen and oxygen atoms in total. The second-order valence-corrected chi connectivity index (χ2v) is 5.51. The third-order valence-electron chi connectivity index (χ3n) is 3.12. The van der Waals surface area contributed by atoms with Crippen LogP contribution in [-0.4, -0.2) is 16.6 Å². The topological polar surface area (TPSA) is 49.3 Å². The van der Waals surface area contributed by atoms with E-state index in [0.717, 1.165) is 5.56 Å². The van der Waals surface area contributed by atoms with E-state index in [1.165, 1.54) is 0 Å². The second-order valence-electron chi connectivity index (χ2n) is 5.51. The summed E-state index contributed by atoms with van der Waals surface area (Å²) in [6.07, 6.45) is 0.611. The van der Waals surface area contributed by atoms with Gasteiger partial charge in [-0.3, -0.25) is 10.1 Å². The summed E-state index contributed by atoms with van der Waals surface area (Å²) in [5.74, 6) is -0.458. The normalized spacial score (nSPS) is 16.3. The third kappa shape index (κ3) is 3.84. The Labute approximate surface area is 109 Å². The lowest BCUT2D eigenvalue weighted by molar-refractivity contribution is -0.145. The molecule has 2 N–H and O–H groups in total. The third-order valence-corrected chi connectivity index (χ3v) is 3.12. The molecule has 0 saturated carbocycles. The van der Waals surface area contributed by atoms with Gasteiger partial charge in [0.2, 0.25) is 0 Å². The zero-order valence-electron chi connectivity index (χ0n) is 11.6. The number of carboxylic acids is 1. The predicted molar refractivity (Wildman–Crippen MR) is 73.5 cm³/mol. The number of carbonyl (C=O) groups is 1. The summed E-state index contributed by atoms with van der Waals surface area (Å²) in [6, 6.07) is 9.93. The van der Waals surface area contributed by atoms with Crippen LogP contribution in [-0.2, 0) is 4.79 Å². The van der Waals surface area contributed by atoms with Crippen LogP contribution in [0.2, 0.25) is 0 Å². The predicted octanol–water partition coefficient (Wildman–Crippen LogP) is 3.23. The number of carboxylic acid groups (broad SMARTS) is 1. The minimum absolute atomic E-state index is 0.0195. The van der Waals surface area contributed by atoms with E-state index in [1.807, 2.05) is 51.1 Å². The highest BCUT2D eigenvalue weighted by atomic mass is 16.4. The molecule has 0 aliphatic rings. The molecule has 2 unspecified atom stereocenters. The molecule has 0 heterocycles. The maximum atomic E-state index is 11.5. The summed E-state index contributed by atoms with van der Waals surface area (Å²) in [5.41, 5.74) is 0.220. The lowest BCUT2D eigenvalue weighted by atomic mass is 9.89. The first-order valence-electron chi connectivity index (χ1n) is 6.41. The van der Waals surface area contributed by atoms with Gasteiger partial charge < -0.3 is 5.11 Å². The molecule has 0 fully saturated rings. The van der Waals surface area contributed by atoms with Gasteiger partial charge in [0.05, 0.1) is 0 Å². The lowest BCUT2D eigenvalue weighted by Gasteiger charge is -2.31. The van der Waals surface area contributed by atoms with Crippen LogP contribution in [0.25, 0.3) is 0 Å². The number of nitrogens with one attached hydrogen (secondary N) is 1. The first-order valence-corrected chi connectivity index (χ1v) is 6.41. The average molecular weight is 249 g/mol. The van der Waals surface area contributed by atoms with Crippen molar-refractivity contribution in [1.82, 2.24) is 5.32 Å². The Balaban J connectivity index is 2.81. The van der Waals surface area contributed by atoms with Gasteiger partial charge in [-0.2, -0.15) is 0 Å². The fraction of sp³-hybridized carbons (Fsp3) is 0.533. The lowest BCUT2D eigenvalue weighted by Crippen LogP contribution is -2.51. The van der Waals surface area contributed by atoms with Crippen LogP contribution in [0.4, 0.5) is 0 Å². The number of benzene rings is 1. The highest BCUT2D eigenvalue weighted by Crippen LogP contribution is 2.22. The summed E-state index contributed by atoms with van der Waals surface area (Å²) in [4.78, 5) is 11.5. The molecule has 1 rings (SSSR count). The van der Waals surface area contributed by atoms with Crippen molar-refractivity contribution >= 4 is 5.97 Å². The quantitative estimate of drug-likeness (QED) is 0.813. The summed E-state index contributed by atoms with van der Waals surface area (Å²) in [6.45, 7) is 7.83. The van der Waals surface area contributed by atoms with Crippen molar-refractivity contribution in [2.45, 2.75) is 45.7 Å². The van der Waals surface area contributed by atoms with Crippen LogP contribution in [0.3, 0.4) is 0 Å². The van der Waals surface area contributed by atoms with Gasteiger partial charge in [0, 0.05) is 6.04 Å². The van der Waals surface area contributed by atoms with E-state index in [-0.39, 0.29) is 6.04 Å². The molecule has 3 heteroatoms. The zero-order chi connectivity index (χ0) is 13.8. The van der Waals surface area contributed by atoms with Gasteiger partial charge in [-0.15, -0.1) is 0 Å². The molecule has 0 bridgehead atoms. The van der Waals surface area contributed by atoms with Gasteiger partial charge in [0.25, 0.3) is 0 Å².